The predicted octanol–water partition coefficient (Wildman–Crippen LogP) is 5.00. The summed E-state index contributed by atoms with van der Waals surface area (Å²) in [5.41, 5.74) is 2.45. The first-order valence-corrected chi connectivity index (χ1v) is 13.6. The summed E-state index contributed by atoms with van der Waals surface area (Å²) in [4.78, 5) is 0. The standard InChI is InChI=1S/C21H24N3PSe/c1-16(17-7-3-2-4-8-17)22-13-25(26)14-23-19-11-5-9-18-10-6-12-20(21(18)19)24-15-25/h2-12,16,22-24H,13-15H2,1H3. The van der Waals surface area contributed by atoms with E-state index in [4.69, 9.17) is 0 Å². The van der Waals surface area contributed by atoms with Crippen molar-refractivity contribution in [3.8, 4) is 0 Å². The number of rotatable bonds is 4. The summed E-state index contributed by atoms with van der Waals surface area (Å²) in [6.07, 6.45) is 2.98. The molecular weight excluding hydrogens is 404 g/mol. The molecule has 0 aliphatic carbocycles. The molecule has 0 radical (unpaired) electrons. The second kappa shape index (κ2) is 7.58. The van der Waals surface area contributed by atoms with Crippen molar-refractivity contribution >= 4 is 42.8 Å². The van der Waals surface area contributed by atoms with Crippen LogP contribution < -0.4 is 16.0 Å². The zero-order chi connectivity index (χ0) is 18.0. The molecule has 1 aliphatic heterocycles. The zero-order valence-electron chi connectivity index (χ0n) is 14.9. The molecule has 0 fully saturated rings. The van der Waals surface area contributed by atoms with Crippen LogP contribution >= 0.6 is 5.51 Å². The Balaban J connectivity index is 1.52. The molecule has 3 aromatic rings. The zero-order valence-corrected chi connectivity index (χ0v) is 17.5. The Bertz CT molecular complexity index is 911. The molecular formula is C21H24N3PSe. The van der Waals surface area contributed by atoms with Gasteiger partial charge in [-0.2, -0.15) is 0 Å². The van der Waals surface area contributed by atoms with E-state index in [0.29, 0.717) is 6.04 Å². The third-order valence-corrected chi connectivity index (χ3v) is 9.67. The van der Waals surface area contributed by atoms with Gasteiger partial charge in [-0.3, -0.25) is 0 Å². The van der Waals surface area contributed by atoms with Gasteiger partial charge in [0.2, 0.25) is 0 Å². The Morgan fingerprint density at radius 1 is 0.923 bits per heavy atom. The van der Waals surface area contributed by atoms with Crippen LogP contribution in [-0.4, -0.2) is 34.0 Å². The summed E-state index contributed by atoms with van der Waals surface area (Å²) in [5.74, 6) is 0. The number of hydrogen-bond donors (Lipinski definition) is 3. The van der Waals surface area contributed by atoms with Crippen LogP contribution in [0.4, 0.5) is 11.4 Å². The van der Waals surface area contributed by atoms with Crippen molar-refractivity contribution in [3.63, 3.8) is 0 Å². The van der Waals surface area contributed by atoms with Crippen LogP contribution in [0.25, 0.3) is 10.8 Å². The number of benzene rings is 3. The van der Waals surface area contributed by atoms with Crippen molar-refractivity contribution < 1.29 is 0 Å². The molecule has 0 spiro atoms. The van der Waals surface area contributed by atoms with E-state index in [2.05, 4.69) is 105 Å². The van der Waals surface area contributed by atoms with Gasteiger partial charge in [0.25, 0.3) is 0 Å². The third kappa shape index (κ3) is 3.75. The summed E-state index contributed by atoms with van der Waals surface area (Å²) >= 11 is 3.55. The van der Waals surface area contributed by atoms with Gasteiger partial charge in [0.05, 0.1) is 0 Å². The number of anilines is 2. The molecule has 1 atom stereocenters. The molecule has 3 N–H and O–H groups in total. The van der Waals surface area contributed by atoms with Gasteiger partial charge in [-0.25, -0.2) is 0 Å². The minimum absolute atomic E-state index is 0.350. The average molecular weight is 428 g/mol. The molecule has 134 valence electrons. The maximum absolute atomic E-state index is 3.74. The van der Waals surface area contributed by atoms with Crippen LogP contribution in [0, 0.1) is 0 Å². The molecule has 0 amide bonds. The Kier molecular flexibility index (Phi) is 5.20. The maximum atomic E-state index is 3.74. The van der Waals surface area contributed by atoms with Crippen molar-refractivity contribution in [2.24, 2.45) is 0 Å². The first-order chi connectivity index (χ1) is 12.6. The molecule has 3 nitrogen and oxygen atoms in total. The van der Waals surface area contributed by atoms with Crippen LogP contribution in [0.15, 0.2) is 66.7 Å². The third-order valence-electron chi connectivity index (χ3n) is 5.01. The summed E-state index contributed by atoms with van der Waals surface area (Å²) < 4.78 is 0. The Morgan fingerprint density at radius 2 is 1.54 bits per heavy atom. The van der Waals surface area contributed by atoms with Gasteiger partial charge in [0, 0.05) is 0 Å². The molecule has 4 rings (SSSR count). The van der Waals surface area contributed by atoms with Crippen molar-refractivity contribution in [2.75, 3.05) is 29.5 Å². The average Bonchev–Trinajstić information content (AvgIpc) is 2.68. The fourth-order valence-corrected chi connectivity index (χ4v) is 6.57. The summed E-state index contributed by atoms with van der Waals surface area (Å²) in [6.45, 7) is 2.24. The normalized spacial score (nSPS) is 16.8. The fourth-order valence-electron chi connectivity index (χ4n) is 3.42. The minimum atomic E-state index is -1.33. The van der Waals surface area contributed by atoms with Gasteiger partial charge in [-0.1, -0.05) is 0 Å². The van der Waals surface area contributed by atoms with Gasteiger partial charge >= 0.3 is 163 Å². The molecule has 5 heteroatoms. The SMILES string of the molecule is CC(NCP1(=[Se])CNc2cccc3cccc(c23)NC1)c1ccccc1. The second-order valence-corrected chi connectivity index (χ2v) is 14.9. The molecule has 0 bridgehead atoms. The van der Waals surface area contributed by atoms with E-state index in [9.17, 15) is 0 Å². The van der Waals surface area contributed by atoms with Crippen molar-refractivity contribution in [1.29, 1.82) is 0 Å². The fraction of sp³-hybridized carbons (Fsp3) is 0.238. The molecule has 1 unspecified atom stereocenters. The van der Waals surface area contributed by atoms with E-state index in [1.807, 2.05) is 0 Å². The van der Waals surface area contributed by atoms with Gasteiger partial charge in [-0.15, -0.1) is 0 Å². The molecule has 0 aromatic heterocycles. The van der Waals surface area contributed by atoms with E-state index < -0.39 is 5.51 Å². The van der Waals surface area contributed by atoms with Crippen LogP contribution in [0.2, 0.25) is 0 Å². The summed E-state index contributed by atoms with van der Waals surface area (Å²) in [6, 6.07) is 24.0. The quantitative estimate of drug-likeness (QED) is 0.404. The van der Waals surface area contributed by atoms with Gasteiger partial charge in [-0.05, 0) is 0 Å². The van der Waals surface area contributed by atoms with Crippen molar-refractivity contribution in [3.05, 3.63) is 72.3 Å². The Morgan fingerprint density at radius 3 is 2.15 bits per heavy atom. The van der Waals surface area contributed by atoms with Crippen LogP contribution in [-0.2, 0) is 0 Å². The summed E-state index contributed by atoms with van der Waals surface area (Å²) in [5, 5.41) is 13.8. The van der Waals surface area contributed by atoms with Crippen LogP contribution in [0.1, 0.15) is 18.5 Å². The van der Waals surface area contributed by atoms with Crippen LogP contribution in [0.5, 0.6) is 0 Å². The number of hydrogen-bond acceptors (Lipinski definition) is 3. The molecule has 1 aliphatic rings. The molecule has 0 saturated heterocycles. The molecule has 3 aromatic carbocycles. The van der Waals surface area contributed by atoms with Gasteiger partial charge in [0.1, 0.15) is 0 Å². The summed E-state index contributed by atoms with van der Waals surface area (Å²) in [7, 11) is 0. The van der Waals surface area contributed by atoms with Gasteiger partial charge in [0.15, 0.2) is 0 Å². The van der Waals surface area contributed by atoms with E-state index >= 15 is 0 Å². The molecule has 26 heavy (non-hydrogen) atoms. The van der Waals surface area contributed by atoms with E-state index in [1.165, 1.54) is 27.7 Å². The topological polar surface area (TPSA) is 36.1 Å². The van der Waals surface area contributed by atoms with Crippen molar-refractivity contribution in [2.45, 2.75) is 13.0 Å². The number of nitrogens with one attached hydrogen (secondary N) is 3. The predicted molar refractivity (Wildman–Crippen MR) is 116 cm³/mol. The van der Waals surface area contributed by atoms with Crippen molar-refractivity contribution in [1.82, 2.24) is 5.32 Å². The second-order valence-electron chi connectivity index (χ2n) is 6.93. The van der Waals surface area contributed by atoms with E-state index in [1.54, 1.807) is 0 Å². The molecule has 1 heterocycles. The monoisotopic (exact) mass is 429 g/mol. The van der Waals surface area contributed by atoms with Crippen LogP contribution in [0.3, 0.4) is 0 Å². The van der Waals surface area contributed by atoms with Gasteiger partial charge < -0.3 is 0 Å². The van der Waals surface area contributed by atoms with E-state index in [0.717, 1.165) is 18.9 Å². The Labute approximate surface area is 162 Å². The molecule has 0 saturated carbocycles. The first kappa shape index (κ1) is 17.8. The van der Waals surface area contributed by atoms with E-state index in [-0.39, 0.29) is 0 Å². The first-order valence-electron chi connectivity index (χ1n) is 9.00. The Hall–Kier alpha value is -1.57.